The normalized spacial score (nSPS) is 16.6. The van der Waals surface area contributed by atoms with Crippen LogP contribution in [0.1, 0.15) is 22.7 Å². The van der Waals surface area contributed by atoms with Crippen LogP contribution in [-0.2, 0) is 0 Å². The second kappa shape index (κ2) is 5.80. The second-order valence-electron chi connectivity index (χ2n) is 5.00. The quantitative estimate of drug-likeness (QED) is 0.812. The maximum atomic E-state index is 9.57. The first kappa shape index (κ1) is 15.7. The highest BCUT2D eigenvalue weighted by molar-refractivity contribution is 9.10. The largest absolute Gasteiger partial charge is 0.495 e. The van der Waals surface area contributed by atoms with Gasteiger partial charge in [-0.15, -0.1) is 5.10 Å². The van der Waals surface area contributed by atoms with E-state index < -0.39 is 5.92 Å². The molecule has 1 aliphatic rings. The zero-order chi connectivity index (χ0) is 16.7. The van der Waals surface area contributed by atoms with Gasteiger partial charge >= 0.3 is 0 Å². The Morgan fingerprint density at radius 3 is 2.91 bits per heavy atom. The van der Waals surface area contributed by atoms with Gasteiger partial charge in [0.05, 0.1) is 17.5 Å². The Morgan fingerprint density at radius 1 is 1.52 bits per heavy atom. The lowest BCUT2D eigenvalue weighted by Crippen LogP contribution is -2.21. The predicted octanol–water partition coefficient (Wildman–Crippen LogP) is 3.36. The molecule has 118 valence electrons. The summed E-state index contributed by atoms with van der Waals surface area (Å²) >= 11 is 9.63. The number of hydrogen-bond donors (Lipinski definition) is 2. The molecule has 8 heteroatoms. The fourth-order valence-corrected chi connectivity index (χ4v) is 3.72. The molecule has 0 spiro atoms. The molecule has 6 nitrogen and oxygen atoms in total. The van der Waals surface area contributed by atoms with E-state index in [0.29, 0.717) is 26.7 Å². The van der Waals surface area contributed by atoms with Crippen molar-refractivity contribution in [2.24, 2.45) is 5.73 Å². The van der Waals surface area contributed by atoms with E-state index >= 15 is 0 Å². The molecule has 0 unspecified atom stereocenters. The van der Waals surface area contributed by atoms with E-state index in [1.54, 1.807) is 19.2 Å². The summed E-state index contributed by atoms with van der Waals surface area (Å²) in [6, 6.07) is 5.60. The van der Waals surface area contributed by atoms with E-state index in [0.717, 1.165) is 11.3 Å². The number of aryl methyl sites for hydroxylation is 1. The van der Waals surface area contributed by atoms with Gasteiger partial charge in [0.2, 0.25) is 11.8 Å². The number of benzene rings is 1. The van der Waals surface area contributed by atoms with Crippen molar-refractivity contribution >= 4 is 27.5 Å². The predicted molar refractivity (Wildman–Crippen MR) is 88.3 cm³/mol. The number of nitriles is 1. The summed E-state index contributed by atoms with van der Waals surface area (Å²) in [5.41, 5.74) is 8.42. The molecule has 1 aromatic heterocycles. The Morgan fingerprint density at radius 2 is 2.26 bits per heavy atom. The third kappa shape index (κ3) is 2.44. The zero-order valence-electron chi connectivity index (χ0n) is 12.3. The molecule has 0 bridgehead atoms. The van der Waals surface area contributed by atoms with E-state index in [4.69, 9.17) is 26.8 Å². The van der Waals surface area contributed by atoms with E-state index in [9.17, 15) is 5.26 Å². The summed E-state index contributed by atoms with van der Waals surface area (Å²) in [7, 11) is 1.55. The molecule has 0 fully saturated rings. The minimum absolute atomic E-state index is 0.0228. The second-order valence-corrected chi connectivity index (χ2v) is 6.29. The van der Waals surface area contributed by atoms with E-state index in [1.807, 2.05) is 6.92 Å². The lowest BCUT2D eigenvalue weighted by molar-refractivity contribution is 0.374. The molecule has 2 aromatic rings. The van der Waals surface area contributed by atoms with Gasteiger partial charge in [-0.25, -0.2) is 0 Å². The minimum atomic E-state index is -0.479. The van der Waals surface area contributed by atoms with Gasteiger partial charge in [-0.2, -0.15) is 5.26 Å². The van der Waals surface area contributed by atoms with Crippen LogP contribution in [0.5, 0.6) is 11.6 Å². The topological polar surface area (TPSA) is 96.9 Å². The molecule has 0 saturated carbocycles. The van der Waals surface area contributed by atoms with Crippen LogP contribution in [-0.4, -0.2) is 17.3 Å². The molecule has 0 aliphatic carbocycles. The Kier molecular flexibility index (Phi) is 3.96. The molecule has 1 aliphatic heterocycles. The van der Waals surface area contributed by atoms with Crippen molar-refractivity contribution in [2.45, 2.75) is 12.8 Å². The van der Waals surface area contributed by atoms with Crippen molar-refractivity contribution in [2.75, 3.05) is 7.11 Å². The highest BCUT2D eigenvalue weighted by atomic mass is 79.9. The monoisotopic (exact) mass is 394 g/mol. The summed E-state index contributed by atoms with van der Waals surface area (Å²) in [6.45, 7) is 1.85. The van der Waals surface area contributed by atoms with Gasteiger partial charge in [0, 0.05) is 21.8 Å². The fraction of sp³-hybridized carbons (Fsp3) is 0.200. The lowest BCUT2D eigenvalue weighted by atomic mass is 9.83. The smallest absolute Gasteiger partial charge is 0.244 e. The zero-order valence-corrected chi connectivity index (χ0v) is 14.6. The number of hydrogen-bond acceptors (Lipinski definition) is 5. The number of ether oxygens (including phenoxy) is 2. The first-order valence-electron chi connectivity index (χ1n) is 6.63. The number of halogens is 2. The molecule has 0 saturated heterocycles. The summed E-state index contributed by atoms with van der Waals surface area (Å²) in [6.07, 6.45) is 0. The third-order valence-electron chi connectivity index (χ3n) is 3.68. The van der Waals surface area contributed by atoms with E-state index in [2.05, 4.69) is 32.2 Å². The molecule has 0 radical (unpaired) electrons. The Labute approximate surface area is 146 Å². The van der Waals surface area contributed by atoms with Crippen LogP contribution in [0.25, 0.3) is 0 Å². The maximum Gasteiger partial charge on any atom is 0.244 e. The average Bonchev–Trinajstić information content (AvgIpc) is 2.86. The van der Waals surface area contributed by atoms with Gasteiger partial charge in [0.1, 0.15) is 17.4 Å². The van der Waals surface area contributed by atoms with Gasteiger partial charge in [0.25, 0.3) is 0 Å². The van der Waals surface area contributed by atoms with E-state index in [-0.39, 0.29) is 11.5 Å². The van der Waals surface area contributed by atoms with Crippen LogP contribution < -0.4 is 15.2 Å². The summed E-state index contributed by atoms with van der Waals surface area (Å²) in [5.74, 6) is 0.470. The number of nitrogens with zero attached hydrogens (tertiary/aromatic N) is 2. The Hall–Kier alpha value is -2.17. The number of allylic oxidation sites excluding steroid dienone is 1. The van der Waals surface area contributed by atoms with Crippen LogP contribution in [0.3, 0.4) is 0 Å². The first-order valence-corrected chi connectivity index (χ1v) is 7.80. The SMILES string of the molecule is COc1c(Br)cc(Cl)cc1[C@@H]1C(C#N)=C(N)Oc2n[nH]c(C)c21. The minimum Gasteiger partial charge on any atom is -0.495 e. The summed E-state index contributed by atoms with van der Waals surface area (Å²) in [5, 5.41) is 17.0. The number of aromatic nitrogens is 2. The molecule has 23 heavy (non-hydrogen) atoms. The van der Waals surface area contributed by atoms with Gasteiger partial charge in [-0.1, -0.05) is 11.6 Å². The number of methoxy groups -OCH3 is 1. The molecule has 0 amide bonds. The van der Waals surface area contributed by atoms with Crippen molar-refractivity contribution in [3.05, 3.63) is 49.9 Å². The average molecular weight is 396 g/mol. The van der Waals surface area contributed by atoms with Crippen LogP contribution in [0.15, 0.2) is 28.1 Å². The number of rotatable bonds is 2. The van der Waals surface area contributed by atoms with Crippen LogP contribution in [0.2, 0.25) is 5.02 Å². The van der Waals surface area contributed by atoms with Crippen molar-refractivity contribution < 1.29 is 9.47 Å². The van der Waals surface area contributed by atoms with Crippen LogP contribution >= 0.6 is 27.5 Å². The van der Waals surface area contributed by atoms with Crippen molar-refractivity contribution in [1.82, 2.24) is 10.2 Å². The molecular formula is C15H12BrClN4O2. The highest BCUT2D eigenvalue weighted by Crippen LogP contribution is 2.47. The van der Waals surface area contributed by atoms with Crippen molar-refractivity contribution in [3.63, 3.8) is 0 Å². The fourth-order valence-electron chi connectivity index (χ4n) is 2.72. The van der Waals surface area contributed by atoms with Gasteiger partial charge < -0.3 is 15.2 Å². The van der Waals surface area contributed by atoms with Crippen LogP contribution in [0.4, 0.5) is 0 Å². The highest BCUT2D eigenvalue weighted by Gasteiger charge is 2.36. The number of H-pyrrole nitrogens is 1. The maximum absolute atomic E-state index is 9.57. The van der Waals surface area contributed by atoms with Gasteiger partial charge in [-0.05, 0) is 35.0 Å². The number of nitrogens with two attached hydrogens (primary N) is 1. The Bertz CT molecular complexity index is 869. The standard InChI is InChI=1S/C15H12BrClN4O2/c1-6-11-12(8-3-7(17)4-10(16)13(8)22-2)9(5-18)14(19)23-15(11)21-20-6/h3-4,12H,19H2,1-2H3,(H,20,21)/t12-/m1/s1. The summed E-state index contributed by atoms with van der Waals surface area (Å²) in [4.78, 5) is 0. The molecular weight excluding hydrogens is 384 g/mol. The van der Waals surface area contributed by atoms with Gasteiger partial charge in [-0.3, -0.25) is 5.10 Å². The van der Waals surface area contributed by atoms with Crippen LogP contribution in [0, 0.1) is 18.3 Å². The summed E-state index contributed by atoms with van der Waals surface area (Å²) < 4.78 is 11.6. The molecule has 3 N–H and O–H groups in total. The van der Waals surface area contributed by atoms with Crippen molar-refractivity contribution in [3.8, 4) is 17.7 Å². The Balaban J connectivity index is 2.34. The number of aromatic amines is 1. The molecule has 3 rings (SSSR count). The van der Waals surface area contributed by atoms with Gasteiger partial charge in [0.15, 0.2) is 0 Å². The number of nitrogens with one attached hydrogen (secondary N) is 1. The lowest BCUT2D eigenvalue weighted by Gasteiger charge is -2.25. The first-order chi connectivity index (χ1) is 11.0. The number of fused-ring (bicyclic) bond motifs is 1. The molecule has 1 atom stereocenters. The van der Waals surface area contributed by atoms with E-state index in [1.165, 1.54) is 0 Å². The molecule has 1 aromatic carbocycles. The molecule has 2 heterocycles. The van der Waals surface area contributed by atoms with Crippen molar-refractivity contribution in [1.29, 1.82) is 5.26 Å². The third-order valence-corrected chi connectivity index (χ3v) is 4.49.